The third kappa shape index (κ3) is 2.83. The Morgan fingerprint density at radius 3 is 2.12 bits per heavy atom. The van der Waals surface area contributed by atoms with Crippen LogP contribution in [-0.4, -0.2) is 27.9 Å². The van der Waals surface area contributed by atoms with Gasteiger partial charge in [0.25, 0.3) is 5.91 Å². The number of rotatable bonds is 4. The van der Waals surface area contributed by atoms with Crippen molar-refractivity contribution >= 4 is 23.3 Å². The SMILES string of the molecule is CC(=O)C1=C(O)C(=O)N(c2ccc(C(=O)O)cc2)[C@H]1c1ccc(F)cc1. The fraction of sp³-hybridized carbons (Fsp3) is 0.105. The summed E-state index contributed by atoms with van der Waals surface area (Å²) in [6.07, 6.45) is 0. The van der Waals surface area contributed by atoms with Gasteiger partial charge in [-0.1, -0.05) is 12.1 Å². The van der Waals surface area contributed by atoms with E-state index in [2.05, 4.69) is 0 Å². The van der Waals surface area contributed by atoms with Crippen LogP contribution in [0.15, 0.2) is 59.9 Å². The fourth-order valence-corrected chi connectivity index (χ4v) is 2.96. The van der Waals surface area contributed by atoms with Crippen molar-refractivity contribution in [1.82, 2.24) is 0 Å². The first-order valence-electron chi connectivity index (χ1n) is 7.67. The molecule has 6 nitrogen and oxygen atoms in total. The molecule has 0 saturated heterocycles. The van der Waals surface area contributed by atoms with Crippen molar-refractivity contribution in [3.8, 4) is 0 Å². The maximum Gasteiger partial charge on any atom is 0.335 e. The highest BCUT2D eigenvalue weighted by Crippen LogP contribution is 2.40. The summed E-state index contributed by atoms with van der Waals surface area (Å²) in [5, 5.41) is 19.2. The second-order valence-corrected chi connectivity index (χ2v) is 5.80. The van der Waals surface area contributed by atoms with Crippen LogP contribution in [-0.2, 0) is 9.59 Å². The molecule has 0 unspecified atom stereocenters. The first-order chi connectivity index (χ1) is 12.3. The Labute approximate surface area is 147 Å². The number of anilines is 1. The summed E-state index contributed by atoms with van der Waals surface area (Å²) in [7, 11) is 0. The molecular weight excluding hydrogens is 341 g/mol. The molecule has 2 aromatic carbocycles. The molecule has 0 fully saturated rings. The van der Waals surface area contributed by atoms with E-state index >= 15 is 0 Å². The Bertz CT molecular complexity index is 931. The van der Waals surface area contributed by atoms with Crippen LogP contribution in [0.1, 0.15) is 28.9 Å². The van der Waals surface area contributed by atoms with Crippen LogP contribution in [0.5, 0.6) is 0 Å². The summed E-state index contributed by atoms with van der Waals surface area (Å²) in [6, 6.07) is 9.75. The molecule has 0 spiro atoms. The summed E-state index contributed by atoms with van der Waals surface area (Å²) in [5.74, 6) is -3.55. The zero-order valence-corrected chi connectivity index (χ0v) is 13.6. The summed E-state index contributed by atoms with van der Waals surface area (Å²) >= 11 is 0. The monoisotopic (exact) mass is 355 g/mol. The molecule has 7 heteroatoms. The second-order valence-electron chi connectivity index (χ2n) is 5.80. The maximum absolute atomic E-state index is 13.3. The minimum Gasteiger partial charge on any atom is -0.503 e. The summed E-state index contributed by atoms with van der Waals surface area (Å²) in [4.78, 5) is 36.8. The average molecular weight is 355 g/mol. The van der Waals surface area contributed by atoms with E-state index in [0.29, 0.717) is 11.3 Å². The first-order valence-corrected chi connectivity index (χ1v) is 7.67. The molecule has 0 radical (unpaired) electrons. The Kier molecular flexibility index (Phi) is 4.29. The molecule has 1 aliphatic heterocycles. The predicted octanol–water partition coefficient (Wildman–Crippen LogP) is 3.01. The molecule has 2 aromatic rings. The lowest BCUT2D eigenvalue weighted by molar-refractivity contribution is -0.117. The smallest absolute Gasteiger partial charge is 0.335 e. The normalized spacial score (nSPS) is 16.9. The van der Waals surface area contributed by atoms with E-state index in [4.69, 9.17) is 5.11 Å². The number of aliphatic hydroxyl groups excluding tert-OH is 1. The fourth-order valence-electron chi connectivity index (χ4n) is 2.96. The van der Waals surface area contributed by atoms with Crippen molar-refractivity contribution in [1.29, 1.82) is 0 Å². The number of benzene rings is 2. The van der Waals surface area contributed by atoms with Crippen LogP contribution in [0.25, 0.3) is 0 Å². The Morgan fingerprint density at radius 2 is 1.62 bits per heavy atom. The molecule has 1 aliphatic rings. The summed E-state index contributed by atoms with van der Waals surface area (Å²) < 4.78 is 13.3. The zero-order valence-electron chi connectivity index (χ0n) is 13.6. The molecule has 132 valence electrons. The number of aromatic carboxylic acids is 1. The summed E-state index contributed by atoms with van der Waals surface area (Å²) in [6.45, 7) is 1.23. The van der Waals surface area contributed by atoms with Crippen LogP contribution in [0.3, 0.4) is 0 Å². The lowest BCUT2D eigenvalue weighted by Gasteiger charge is -2.26. The number of carboxylic acids is 1. The van der Waals surface area contributed by atoms with E-state index in [1.54, 1.807) is 0 Å². The van der Waals surface area contributed by atoms with Gasteiger partial charge in [-0.3, -0.25) is 14.5 Å². The van der Waals surface area contributed by atoms with Gasteiger partial charge in [-0.25, -0.2) is 9.18 Å². The minimum absolute atomic E-state index is 0.0303. The van der Waals surface area contributed by atoms with Gasteiger partial charge in [0.2, 0.25) is 0 Å². The second kappa shape index (κ2) is 6.44. The van der Waals surface area contributed by atoms with E-state index in [0.717, 1.165) is 0 Å². The van der Waals surface area contributed by atoms with Crippen LogP contribution < -0.4 is 4.90 Å². The minimum atomic E-state index is -1.12. The van der Waals surface area contributed by atoms with Crippen LogP contribution in [0, 0.1) is 5.82 Å². The first kappa shape index (κ1) is 17.3. The molecule has 0 bridgehead atoms. The highest BCUT2D eigenvalue weighted by molar-refractivity contribution is 6.16. The van der Waals surface area contributed by atoms with Gasteiger partial charge in [-0.2, -0.15) is 0 Å². The maximum atomic E-state index is 13.3. The van der Waals surface area contributed by atoms with Gasteiger partial charge in [0.1, 0.15) is 5.82 Å². The lowest BCUT2D eigenvalue weighted by Crippen LogP contribution is -2.30. The van der Waals surface area contributed by atoms with E-state index in [1.165, 1.54) is 60.4 Å². The molecule has 1 heterocycles. The van der Waals surface area contributed by atoms with Gasteiger partial charge in [0.15, 0.2) is 11.5 Å². The van der Waals surface area contributed by atoms with E-state index in [1.807, 2.05) is 0 Å². The third-order valence-corrected chi connectivity index (χ3v) is 4.17. The van der Waals surface area contributed by atoms with Crippen molar-refractivity contribution in [2.24, 2.45) is 0 Å². The highest BCUT2D eigenvalue weighted by atomic mass is 19.1. The van der Waals surface area contributed by atoms with Gasteiger partial charge >= 0.3 is 5.97 Å². The standard InChI is InChI=1S/C19H14FNO5/c1-10(22)15-16(11-2-6-13(20)7-3-11)21(18(24)17(15)23)14-8-4-12(5-9-14)19(25)26/h2-9,16,23H,1H3,(H,25,26)/t16-/m0/s1. The molecule has 0 saturated carbocycles. The van der Waals surface area contributed by atoms with Crippen molar-refractivity contribution in [2.45, 2.75) is 13.0 Å². The number of carbonyl (C=O) groups excluding carboxylic acids is 2. The quantitative estimate of drug-likeness (QED) is 0.879. The van der Waals surface area contributed by atoms with Gasteiger partial charge in [-0.15, -0.1) is 0 Å². The number of Topliss-reactive ketones (excluding diaryl/α,β-unsaturated/α-hetero) is 1. The van der Waals surface area contributed by atoms with Gasteiger partial charge in [0.05, 0.1) is 17.2 Å². The van der Waals surface area contributed by atoms with Gasteiger partial charge in [-0.05, 0) is 48.9 Å². The molecule has 2 N–H and O–H groups in total. The number of amides is 1. The number of halogens is 1. The van der Waals surface area contributed by atoms with Crippen LogP contribution in [0.2, 0.25) is 0 Å². The third-order valence-electron chi connectivity index (χ3n) is 4.17. The zero-order chi connectivity index (χ0) is 19.0. The number of hydrogen-bond acceptors (Lipinski definition) is 4. The Hall–Kier alpha value is -3.48. The molecule has 3 rings (SSSR count). The number of hydrogen-bond donors (Lipinski definition) is 2. The Balaban J connectivity index is 2.13. The van der Waals surface area contributed by atoms with Crippen LogP contribution >= 0.6 is 0 Å². The van der Waals surface area contributed by atoms with Crippen molar-refractivity contribution in [3.63, 3.8) is 0 Å². The molecule has 0 aliphatic carbocycles. The van der Waals surface area contributed by atoms with Crippen molar-refractivity contribution in [2.75, 3.05) is 4.90 Å². The lowest BCUT2D eigenvalue weighted by atomic mass is 9.96. The number of aliphatic hydroxyl groups is 1. The van der Waals surface area contributed by atoms with E-state index < -0.39 is 35.3 Å². The number of carboxylic acid groups (broad SMARTS) is 1. The van der Waals surface area contributed by atoms with E-state index in [-0.39, 0.29) is 11.1 Å². The molecule has 1 atom stereocenters. The summed E-state index contributed by atoms with van der Waals surface area (Å²) in [5.41, 5.74) is 0.681. The predicted molar refractivity (Wildman–Crippen MR) is 90.4 cm³/mol. The number of carbonyl (C=O) groups is 3. The van der Waals surface area contributed by atoms with Crippen LogP contribution in [0.4, 0.5) is 10.1 Å². The number of nitrogens with zero attached hydrogens (tertiary/aromatic N) is 1. The highest BCUT2D eigenvalue weighted by Gasteiger charge is 2.43. The average Bonchev–Trinajstić information content (AvgIpc) is 2.87. The molecular formula is C19H14FNO5. The number of ketones is 1. The van der Waals surface area contributed by atoms with Crippen molar-refractivity contribution < 1.29 is 29.0 Å². The molecule has 1 amide bonds. The van der Waals surface area contributed by atoms with Gasteiger partial charge in [0, 0.05) is 5.69 Å². The molecule has 26 heavy (non-hydrogen) atoms. The van der Waals surface area contributed by atoms with Gasteiger partial charge < -0.3 is 10.2 Å². The largest absolute Gasteiger partial charge is 0.503 e. The van der Waals surface area contributed by atoms with E-state index in [9.17, 15) is 23.9 Å². The Morgan fingerprint density at radius 1 is 1.04 bits per heavy atom. The topological polar surface area (TPSA) is 94.9 Å². The van der Waals surface area contributed by atoms with Crippen molar-refractivity contribution in [3.05, 3.63) is 76.8 Å². The molecule has 0 aromatic heterocycles.